The summed E-state index contributed by atoms with van der Waals surface area (Å²) in [5, 5.41) is 8.90. The number of nitrogens with zero attached hydrogens (tertiary/aromatic N) is 1. The van der Waals surface area contributed by atoms with Gasteiger partial charge in [0.1, 0.15) is 12.4 Å². The fourth-order valence-electron chi connectivity index (χ4n) is 1.78. The van der Waals surface area contributed by atoms with Crippen LogP contribution in [0.1, 0.15) is 11.1 Å². The molecular formula is C14H9BF4KNO. The number of nitriles is 1. The maximum Gasteiger partial charge on any atom is 1.00 e. The van der Waals surface area contributed by atoms with Gasteiger partial charge in [-0.05, 0) is 12.1 Å². The first kappa shape index (κ1) is 19.2. The van der Waals surface area contributed by atoms with Crippen LogP contribution in [0.2, 0.25) is 0 Å². The van der Waals surface area contributed by atoms with E-state index in [1.54, 1.807) is 24.3 Å². The monoisotopic (exact) mass is 333 g/mol. The summed E-state index contributed by atoms with van der Waals surface area (Å²) >= 11 is 0. The largest absolute Gasteiger partial charge is 1.00 e. The van der Waals surface area contributed by atoms with Crippen LogP contribution in [0.4, 0.5) is 17.3 Å². The zero-order chi connectivity index (χ0) is 15.5. The minimum Gasteiger partial charge on any atom is -0.489 e. The molecular weight excluding hydrogens is 324 g/mol. The van der Waals surface area contributed by atoms with Crippen molar-refractivity contribution in [3.05, 3.63) is 59.4 Å². The van der Waals surface area contributed by atoms with Gasteiger partial charge in [0.2, 0.25) is 0 Å². The van der Waals surface area contributed by atoms with E-state index >= 15 is 0 Å². The summed E-state index contributed by atoms with van der Waals surface area (Å²) in [6.07, 6.45) is 0. The molecule has 0 spiro atoms. The topological polar surface area (TPSA) is 33.0 Å². The molecule has 0 saturated heterocycles. The second-order valence-corrected chi connectivity index (χ2v) is 4.32. The fourth-order valence-corrected chi connectivity index (χ4v) is 1.78. The SMILES string of the molecule is N#Cc1ccccc1COc1ccc([B-](F)(F)F)c(F)c1.[K+]. The van der Waals surface area contributed by atoms with Crippen molar-refractivity contribution in [1.29, 1.82) is 5.26 Å². The Balaban J connectivity index is 0.00000242. The Bertz CT molecular complexity index is 700. The summed E-state index contributed by atoms with van der Waals surface area (Å²) in [5.41, 5.74) is -0.308. The summed E-state index contributed by atoms with van der Waals surface area (Å²) in [7, 11) is 0. The molecule has 0 N–H and O–H groups in total. The van der Waals surface area contributed by atoms with Crippen LogP contribution in [-0.4, -0.2) is 6.98 Å². The molecule has 8 heteroatoms. The average Bonchev–Trinajstić information content (AvgIpc) is 2.44. The van der Waals surface area contributed by atoms with Gasteiger partial charge in [0.05, 0.1) is 17.4 Å². The number of benzene rings is 2. The molecule has 2 aromatic carbocycles. The van der Waals surface area contributed by atoms with Gasteiger partial charge in [0, 0.05) is 11.6 Å². The van der Waals surface area contributed by atoms with E-state index in [-0.39, 0.29) is 63.7 Å². The molecule has 108 valence electrons. The molecule has 0 bridgehead atoms. The molecule has 0 amide bonds. The van der Waals surface area contributed by atoms with E-state index in [0.29, 0.717) is 23.3 Å². The van der Waals surface area contributed by atoms with Crippen LogP contribution in [0.5, 0.6) is 5.75 Å². The summed E-state index contributed by atoms with van der Waals surface area (Å²) in [5.74, 6) is -1.39. The van der Waals surface area contributed by atoms with E-state index < -0.39 is 18.3 Å². The van der Waals surface area contributed by atoms with Crippen molar-refractivity contribution < 1.29 is 73.5 Å². The predicted molar refractivity (Wildman–Crippen MR) is 70.6 cm³/mol. The maximum absolute atomic E-state index is 13.4. The summed E-state index contributed by atoms with van der Waals surface area (Å²) in [6, 6.07) is 11.0. The Morgan fingerprint density at radius 3 is 2.36 bits per heavy atom. The van der Waals surface area contributed by atoms with Crippen LogP contribution < -0.4 is 61.6 Å². The van der Waals surface area contributed by atoms with Crippen LogP contribution in [0, 0.1) is 17.1 Å². The van der Waals surface area contributed by atoms with Gasteiger partial charge in [-0.25, -0.2) is 4.39 Å². The maximum atomic E-state index is 13.4. The molecule has 0 aliphatic rings. The normalized spacial score (nSPS) is 10.5. The van der Waals surface area contributed by atoms with Crippen LogP contribution in [-0.2, 0) is 6.61 Å². The summed E-state index contributed by atoms with van der Waals surface area (Å²) in [4.78, 5) is 0. The van der Waals surface area contributed by atoms with Gasteiger partial charge in [-0.15, -0.1) is 0 Å². The van der Waals surface area contributed by atoms with Gasteiger partial charge in [0.25, 0.3) is 0 Å². The van der Waals surface area contributed by atoms with E-state index in [2.05, 4.69) is 0 Å². The van der Waals surface area contributed by atoms with E-state index in [1.165, 1.54) is 0 Å². The zero-order valence-electron chi connectivity index (χ0n) is 11.7. The third-order valence-corrected chi connectivity index (χ3v) is 2.86. The fraction of sp³-hybridized carbons (Fsp3) is 0.0714. The van der Waals surface area contributed by atoms with E-state index in [9.17, 15) is 17.3 Å². The molecule has 0 saturated carbocycles. The Morgan fingerprint density at radius 1 is 1.09 bits per heavy atom. The first-order valence-corrected chi connectivity index (χ1v) is 6.02. The van der Waals surface area contributed by atoms with Crippen LogP contribution >= 0.6 is 0 Å². The molecule has 2 nitrogen and oxygen atoms in total. The molecule has 0 radical (unpaired) electrons. The number of rotatable bonds is 4. The molecule has 0 fully saturated rings. The van der Waals surface area contributed by atoms with Gasteiger partial charge in [0.15, 0.2) is 0 Å². The smallest absolute Gasteiger partial charge is 0.489 e. The molecule has 0 atom stereocenters. The Kier molecular flexibility index (Phi) is 7.09. The molecule has 0 aliphatic carbocycles. The van der Waals surface area contributed by atoms with Crippen molar-refractivity contribution in [2.75, 3.05) is 0 Å². The van der Waals surface area contributed by atoms with Crippen LogP contribution in [0.25, 0.3) is 0 Å². The molecule has 2 aromatic rings. The van der Waals surface area contributed by atoms with Gasteiger partial charge < -0.3 is 17.7 Å². The predicted octanol–water partition coefficient (Wildman–Crippen LogP) is 0.335. The van der Waals surface area contributed by atoms with Crippen LogP contribution in [0.3, 0.4) is 0 Å². The van der Waals surface area contributed by atoms with Gasteiger partial charge in [-0.1, -0.05) is 29.7 Å². The second-order valence-electron chi connectivity index (χ2n) is 4.32. The third-order valence-electron chi connectivity index (χ3n) is 2.86. The second kappa shape index (κ2) is 8.13. The van der Waals surface area contributed by atoms with Crippen molar-refractivity contribution in [3.8, 4) is 11.8 Å². The minimum absolute atomic E-state index is 0. The molecule has 0 unspecified atom stereocenters. The van der Waals surface area contributed by atoms with Crippen molar-refractivity contribution in [2.24, 2.45) is 0 Å². The van der Waals surface area contributed by atoms with E-state index in [4.69, 9.17) is 10.00 Å². The Hall–Kier alpha value is -0.849. The molecule has 0 heterocycles. The van der Waals surface area contributed by atoms with Crippen molar-refractivity contribution in [1.82, 2.24) is 0 Å². The molecule has 0 aliphatic heterocycles. The van der Waals surface area contributed by atoms with Gasteiger partial charge in [-0.3, -0.25) is 0 Å². The third kappa shape index (κ3) is 4.83. The number of halogens is 4. The van der Waals surface area contributed by atoms with Crippen LogP contribution in [0.15, 0.2) is 42.5 Å². The van der Waals surface area contributed by atoms with Crippen molar-refractivity contribution in [3.63, 3.8) is 0 Å². The van der Waals surface area contributed by atoms with Gasteiger partial charge in [-0.2, -0.15) is 5.26 Å². The standard InChI is InChI=1S/C14H9BF4NO.K/c16-14-7-12(5-6-13(14)15(17,18)19)21-9-11-4-2-1-3-10(11)8-20;/h1-7H,9H2;/q-1;+1. The van der Waals surface area contributed by atoms with Crippen molar-refractivity contribution >= 4 is 12.4 Å². The number of hydrogen-bond acceptors (Lipinski definition) is 2. The quantitative estimate of drug-likeness (QED) is 0.597. The average molecular weight is 333 g/mol. The Labute approximate surface area is 167 Å². The summed E-state index contributed by atoms with van der Waals surface area (Å²) in [6.45, 7) is -5.41. The number of ether oxygens (including phenoxy) is 1. The van der Waals surface area contributed by atoms with Gasteiger partial charge >= 0.3 is 58.4 Å². The molecule has 22 heavy (non-hydrogen) atoms. The summed E-state index contributed by atoms with van der Waals surface area (Å²) < 4.78 is 56.0. The molecule has 2 rings (SSSR count). The van der Waals surface area contributed by atoms with E-state index in [0.717, 1.165) is 6.07 Å². The molecule has 0 aromatic heterocycles. The number of hydrogen-bond donors (Lipinski definition) is 0. The first-order chi connectivity index (χ1) is 9.91. The van der Waals surface area contributed by atoms with E-state index in [1.807, 2.05) is 6.07 Å². The first-order valence-electron chi connectivity index (χ1n) is 6.02. The minimum atomic E-state index is -5.39. The van der Waals surface area contributed by atoms with Crippen molar-refractivity contribution in [2.45, 2.75) is 6.61 Å². The Morgan fingerprint density at radius 2 is 1.77 bits per heavy atom. The zero-order valence-corrected chi connectivity index (χ0v) is 14.8.